The topological polar surface area (TPSA) is 82.3 Å². The normalized spacial score (nSPS) is 12.0. The van der Waals surface area contributed by atoms with Crippen LogP contribution in [0, 0.1) is 23.2 Å². The number of ether oxygens (including phenoxy) is 1. The van der Waals surface area contributed by atoms with Gasteiger partial charge in [-0.05, 0) is 30.0 Å². The Kier molecular flexibility index (Phi) is 6.70. The Labute approximate surface area is 125 Å². The van der Waals surface area contributed by atoms with Crippen LogP contribution in [0.2, 0.25) is 0 Å². The Morgan fingerprint density at radius 1 is 1.48 bits per heavy atom. The number of carbonyl (C=O) groups is 1. The molecule has 1 aromatic rings. The molecule has 1 atom stereocenters. The molecule has 5 heteroatoms. The predicted molar refractivity (Wildman–Crippen MR) is 80.0 cm³/mol. The maximum Gasteiger partial charge on any atom is 0.307 e. The molecule has 0 heterocycles. The summed E-state index contributed by atoms with van der Waals surface area (Å²) in [7, 11) is 1.52. The van der Waals surface area contributed by atoms with Crippen molar-refractivity contribution < 1.29 is 14.6 Å². The zero-order chi connectivity index (χ0) is 15.8. The van der Waals surface area contributed by atoms with Crippen LogP contribution in [0.15, 0.2) is 18.2 Å². The van der Waals surface area contributed by atoms with Gasteiger partial charge in [0, 0.05) is 13.1 Å². The molecule has 0 amide bonds. The predicted octanol–water partition coefficient (Wildman–Crippen LogP) is 2.40. The molecule has 0 aliphatic heterocycles. The lowest BCUT2D eigenvalue weighted by molar-refractivity contribution is -0.142. The van der Waals surface area contributed by atoms with Crippen molar-refractivity contribution in [3.8, 4) is 11.8 Å². The Morgan fingerprint density at radius 3 is 2.71 bits per heavy atom. The first-order valence-corrected chi connectivity index (χ1v) is 6.98. The molecule has 1 unspecified atom stereocenters. The Bertz CT molecular complexity index is 521. The fraction of sp³-hybridized carbons (Fsp3) is 0.500. The number of benzene rings is 1. The smallest absolute Gasteiger partial charge is 0.307 e. The lowest BCUT2D eigenvalue weighted by Crippen LogP contribution is -2.29. The number of hydrogen-bond donors (Lipinski definition) is 2. The minimum absolute atomic E-state index is 0.350. The molecule has 0 radical (unpaired) electrons. The molecule has 5 nitrogen and oxygen atoms in total. The van der Waals surface area contributed by atoms with E-state index >= 15 is 0 Å². The van der Waals surface area contributed by atoms with E-state index in [9.17, 15) is 9.90 Å². The molecule has 1 aromatic carbocycles. The molecule has 114 valence electrons. The van der Waals surface area contributed by atoms with Crippen LogP contribution in [0.5, 0.6) is 5.75 Å². The van der Waals surface area contributed by atoms with E-state index in [1.807, 2.05) is 19.9 Å². The molecule has 2 N–H and O–H groups in total. The van der Waals surface area contributed by atoms with E-state index in [0.717, 1.165) is 5.56 Å². The molecule has 0 fully saturated rings. The largest absolute Gasteiger partial charge is 0.495 e. The van der Waals surface area contributed by atoms with E-state index in [1.54, 1.807) is 12.1 Å². The van der Waals surface area contributed by atoms with Gasteiger partial charge in [0.15, 0.2) is 0 Å². The van der Waals surface area contributed by atoms with Gasteiger partial charge in [-0.15, -0.1) is 0 Å². The van der Waals surface area contributed by atoms with Gasteiger partial charge >= 0.3 is 5.97 Å². The average molecular weight is 290 g/mol. The Morgan fingerprint density at radius 2 is 2.19 bits per heavy atom. The number of nitriles is 1. The van der Waals surface area contributed by atoms with Crippen molar-refractivity contribution in [3.63, 3.8) is 0 Å². The minimum Gasteiger partial charge on any atom is -0.495 e. The molecular weight excluding hydrogens is 268 g/mol. The van der Waals surface area contributed by atoms with E-state index in [-0.39, 0.29) is 5.92 Å². The summed E-state index contributed by atoms with van der Waals surface area (Å²) in [6, 6.07) is 7.40. The third kappa shape index (κ3) is 5.44. The number of rotatable bonds is 8. The zero-order valence-corrected chi connectivity index (χ0v) is 12.7. The van der Waals surface area contributed by atoms with Crippen LogP contribution in [-0.2, 0) is 11.3 Å². The zero-order valence-electron chi connectivity index (χ0n) is 12.7. The summed E-state index contributed by atoms with van der Waals surface area (Å²) in [5.74, 6) is -0.268. The van der Waals surface area contributed by atoms with E-state index in [1.165, 1.54) is 7.11 Å². The van der Waals surface area contributed by atoms with Crippen LogP contribution in [0.1, 0.15) is 31.4 Å². The average Bonchev–Trinajstić information content (AvgIpc) is 2.45. The maximum absolute atomic E-state index is 11.2. The van der Waals surface area contributed by atoms with E-state index < -0.39 is 5.97 Å². The molecule has 0 aliphatic rings. The number of nitrogens with zero attached hydrogens (tertiary/aromatic N) is 1. The fourth-order valence-corrected chi connectivity index (χ4v) is 2.17. The summed E-state index contributed by atoms with van der Waals surface area (Å²) in [5, 5.41) is 21.3. The van der Waals surface area contributed by atoms with Crippen molar-refractivity contribution in [1.82, 2.24) is 5.32 Å². The highest BCUT2D eigenvalue weighted by molar-refractivity contribution is 5.70. The first kappa shape index (κ1) is 17.0. The molecule has 21 heavy (non-hydrogen) atoms. The lowest BCUT2D eigenvalue weighted by atomic mass is 9.97. The van der Waals surface area contributed by atoms with Gasteiger partial charge in [0.05, 0.1) is 18.6 Å². The summed E-state index contributed by atoms with van der Waals surface area (Å²) < 4.78 is 5.15. The SMILES string of the molecule is COc1cc(CNCC(CC(C)C)C(=O)O)ccc1C#N. The summed E-state index contributed by atoms with van der Waals surface area (Å²) in [5.41, 5.74) is 1.45. The Hall–Kier alpha value is -2.06. The number of methoxy groups -OCH3 is 1. The van der Waals surface area contributed by atoms with Crippen LogP contribution in [0.4, 0.5) is 0 Å². The van der Waals surface area contributed by atoms with Gasteiger partial charge in [-0.2, -0.15) is 5.26 Å². The Balaban J connectivity index is 2.59. The fourth-order valence-electron chi connectivity index (χ4n) is 2.17. The molecule has 0 aliphatic carbocycles. The summed E-state index contributed by atoms with van der Waals surface area (Å²) in [6.07, 6.45) is 0.652. The summed E-state index contributed by atoms with van der Waals surface area (Å²) >= 11 is 0. The molecule has 0 saturated heterocycles. The number of hydrogen-bond acceptors (Lipinski definition) is 4. The molecule has 0 spiro atoms. The van der Waals surface area contributed by atoms with Gasteiger partial charge in [0.2, 0.25) is 0 Å². The van der Waals surface area contributed by atoms with Crippen LogP contribution >= 0.6 is 0 Å². The van der Waals surface area contributed by atoms with Crippen molar-refractivity contribution >= 4 is 5.97 Å². The highest BCUT2D eigenvalue weighted by Crippen LogP contribution is 2.19. The van der Waals surface area contributed by atoms with Crippen LogP contribution in [0.3, 0.4) is 0 Å². The monoisotopic (exact) mass is 290 g/mol. The summed E-state index contributed by atoms with van der Waals surface area (Å²) in [4.78, 5) is 11.2. The highest BCUT2D eigenvalue weighted by Gasteiger charge is 2.18. The van der Waals surface area contributed by atoms with Gasteiger partial charge in [-0.3, -0.25) is 4.79 Å². The van der Waals surface area contributed by atoms with E-state index in [4.69, 9.17) is 10.00 Å². The van der Waals surface area contributed by atoms with Crippen LogP contribution in [0.25, 0.3) is 0 Å². The number of nitrogens with one attached hydrogen (secondary N) is 1. The van der Waals surface area contributed by atoms with Crippen LogP contribution < -0.4 is 10.1 Å². The van der Waals surface area contributed by atoms with E-state index in [2.05, 4.69) is 11.4 Å². The first-order valence-electron chi connectivity index (χ1n) is 6.98. The summed E-state index contributed by atoms with van der Waals surface area (Å²) in [6.45, 7) is 5.00. The van der Waals surface area contributed by atoms with Crippen molar-refractivity contribution in [2.45, 2.75) is 26.8 Å². The number of carboxylic acids is 1. The standard InChI is InChI=1S/C16H22N2O3/c1-11(2)6-14(16(19)20)10-18-9-12-4-5-13(8-17)15(7-12)21-3/h4-5,7,11,14,18H,6,9-10H2,1-3H3,(H,19,20). The third-order valence-electron chi connectivity index (χ3n) is 3.21. The first-order chi connectivity index (χ1) is 9.97. The van der Waals surface area contributed by atoms with Gasteiger partial charge in [-0.1, -0.05) is 19.9 Å². The van der Waals surface area contributed by atoms with Gasteiger partial charge in [0.1, 0.15) is 11.8 Å². The quantitative estimate of drug-likeness (QED) is 0.768. The van der Waals surface area contributed by atoms with E-state index in [0.29, 0.717) is 36.7 Å². The lowest BCUT2D eigenvalue weighted by Gasteiger charge is -2.15. The third-order valence-corrected chi connectivity index (χ3v) is 3.21. The molecular formula is C16H22N2O3. The second-order valence-corrected chi connectivity index (χ2v) is 5.44. The molecule has 0 saturated carbocycles. The number of aliphatic carboxylic acids is 1. The van der Waals surface area contributed by atoms with Crippen molar-refractivity contribution in [1.29, 1.82) is 5.26 Å². The second-order valence-electron chi connectivity index (χ2n) is 5.44. The highest BCUT2D eigenvalue weighted by atomic mass is 16.5. The van der Waals surface area contributed by atoms with Crippen LogP contribution in [-0.4, -0.2) is 24.7 Å². The van der Waals surface area contributed by atoms with Gasteiger partial charge in [-0.25, -0.2) is 0 Å². The minimum atomic E-state index is -0.770. The molecule has 0 aromatic heterocycles. The molecule has 1 rings (SSSR count). The van der Waals surface area contributed by atoms with Crippen molar-refractivity contribution in [3.05, 3.63) is 29.3 Å². The van der Waals surface area contributed by atoms with Gasteiger partial charge in [0.25, 0.3) is 0 Å². The van der Waals surface area contributed by atoms with Gasteiger partial charge < -0.3 is 15.2 Å². The molecule has 0 bridgehead atoms. The van der Waals surface area contributed by atoms with Crippen molar-refractivity contribution in [2.75, 3.05) is 13.7 Å². The maximum atomic E-state index is 11.2. The van der Waals surface area contributed by atoms with Crippen molar-refractivity contribution in [2.24, 2.45) is 11.8 Å². The number of carboxylic acid groups (broad SMARTS) is 1. The second kappa shape index (κ2) is 8.28.